The molecule has 2 N–H and O–H groups in total. The van der Waals surface area contributed by atoms with Crippen molar-refractivity contribution in [3.8, 4) is 0 Å². The predicted octanol–water partition coefficient (Wildman–Crippen LogP) is 2.46. The smallest absolute Gasteiger partial charge is 0.335 e. The van der Waals surface area contributed by atoms with Gasteiger partial charge in [-0.2, -0.15) is 0 Å². The fourth-order valence-corrected chi connectivity index (χ4v) is 2.37. The molecule has 1 aromatic rings. The number of carbonyl (C=O) groups is 2. The van der Waals surface area contributed by atoms with Crippen molar-refractivity contribution < 1.29 is 19.8 Å². The minimum absolute atomic E-state index is 0.0270. The monoisotopic (exact) mass is 263 g/mol. The van der Waals surface area contributed by atoms with Crippen LogP contribution in [0.3, 0.4) is 0 Å². The number of rotatable bonds is 3. The molecule has 0 unspecified atom stereocenters. The van der Waals surface area contributed by atoms with Gasteiger partial charge in [0.25, 0.3) is 0 Å². The Kier molecular flexibility index (Phi) is 4.04. The summed E-state index contributed by atoms with van der Waals surface area (Å²) in [5, 5.41) is 18.1. The van der Waals surface area contributed by atoms with Crippen molar-refractivity contribution >= 4 is 17.6 Å². The zero-order valence-corrected chi connectivity index (χ0v) is 10.6. The van der Waals surface area contributed by atoms with E-state index in [4.69, 9.17) is 10.2 Å². The highest BCUT2D eigenvalue weighted by Gasteiger charge is 2.16. The Labute approximate surface area is 111 Å². The van der Waals surface area contributed by atoms with Gasteiger partial charge in [0, 0.05) is 18.8 Å². The Morgan fingerprint density at radius 3 is 1.74 bits per heavy atom. The largest absolute Gasteiger partial charge is 0.478 e. The Morgan fingerprint density at radius 1 is 0.842 bits per heavy atom. The molecule has 102 valence electrons. The Balaban J connectivity index is 2.37. The molecule has 0 saturated carbocycles. The van der Waals surface area contributed by atoms with Crippen molar-refractivity contribution in [2.75, 3.05) is 18.0 Å². The van der Waals surface area contributed by atoms with Crippen LogP contribution in [-0.2, 0) is 0 Å². The number of aromatic carboxylic acids is 2. The molecule has 1 heterocycles. The first kappa shape index (κ1) is 13.4. The van der Waals surface area contributed by atoms with Crippen molar-refractivity contribution in [1.29, 1.82) is 0 Å². The summed E-state index contributed by atoms with van der Waals surface area (Å²) in [6.07, 6.45) is 4.45. The molecule has 0 radical (unpaired) electrons. The number of hydrogen-bond donors (Lipinski definition) is 2. The number of nitrogens with zero attached hydrogens (tertiary/aromatic N) is 1. The van der Waals surface area contributed by atoms with E-state index in [1.165, 1.54) is 18.9 Å². The van der Waals surface area contributed by atoms with Crippen LogP contribution in [0.15, 0.2) is 18.2 Å². The van der Waals surface area contributed by atoms with E-state index in [0.29, 0.717) is 5.69 Å². The molecular weight excluding hydrogens is 246 g/mol. The zero-order valence-electron chi connectivity index (χ0n) is 10.6. The summed E-state index contributed by atoms with van der Waals surface area (Å²) in [6.45, 7) is 1.70. The van der Waals surface area contributed by atoms with Crippen LogP contribution in [0.1, 0.15) is 46.4 Å². The molecule has 19 heavy (non-hydrogen) atoms. The Morgan fingerprint density at radius 2 is 1.32 bits per heavy atom. The van der Waals surface area contributed by atoms with Gasteiger partial charge in [-0.05, 0) is 31.0 Å². The second kappa shape index (κ2) is 5.73. The fourth-order valence-electron chi connectivity index (χ4n) is 2.37. The molecule has 5 nitrogen and oxygen atoms in total. The normalized spacial score (nSPS) is 15.9. The minimum atomic E-state index is -1.10. The van der Waals surface area contributed by atoms with Crippen LogP contribution < -0.4 is 4.90 Å². The third-order valence-electron chi connectivity index (χ3n) is 3.38. The van der Waals surface area contributed by atoms with E-state index in [0.717, 1.165) is 25.9 Å². The Bertz CT molecular complexity index is 458. The van der Waals surface area contributed by atoms with E-state index in [9.17, 15) is 9.59 Å². The lowest BCUT2D eigenvalue weighted by molar-refractivity contribution is 0.0696. The lowest BCUT2D eigenvalue weighted by Crippen LogP contribution is -2.24. The molecule has 0 aliphatic carbocycles. The first-order valence-electron chi connectivity index (χ1n) is 6.44. The third kappa shape index (κ3) is 3.24. The second-order valence-electron chi connectivity index (χ2n) is 4.78. The summed E-state index contributed by atoms with van der Waals surface area (Å²) in [5.74, 6) is -2.20. The standard InChI is InChI=1S/C14H17NO4/c16-13(17)10-7-11(14(18)19)9-12(8-10)15-5-3-1-2-4-6-15/h7-9H,1-6H2,(H,16,17)(H,18,19). The van der Waals surface area contributed by atoms with Crippen LogP contribution in [0.5, 0.6) is 0 Å². The summed E-state index contributed by atoms with van der Waals surface area (Å²) in [4.78, 5) is 24.2. The topological polar surface area (TPSA) is 77.8 Å². The van der Waals surface area contributed by atoms with Gasteiger partial charge in [-0.1, -0.05) is 12.8 Å². The van der Waals surface area contributed by atoms with Crippen molar-refractivity contribution in [1.82, 2.24) is 0 Å². The number of carboxylic acids is 2. The highest BCUT2D eigenvalue weighted by molar-refractivity contribution is 5.95. The van der Waals surface area contributed by atoms with E-state index in [2.05, 4.69) is 4.90 Å². The van der Waals surface area contributed by atoms with Crippen LogP contribution in [0.2, 0.25) is 0 Å². The number of benzene rings is 1. The average molecular weight is 263 g/mol. The first-order valence-corrected chi connectivity index (χ1v) is 6.44. The lowest BCUT2D eigenvalue weighted by atomic mass is 10.1. The molecule has 1 aliphatic heterocycles. The van der Waals surface area contributed by atoms with Gasteiger partial charge in [0.1, 0.15) is 0 Å². The van der Waals surface area contributed by atoms with Gasteiger partial charge in [-0.15, -0.1) is 0 Å². The van der Waals surface area contributed by atoms with Crippen LogP contribution in [0.25, 0.3) is 0 Å². The molecule has 0 amide bonds. The maximum atomic E-state index is 11.1. The summed E-state index contributed by atoms with van der Waals surface area (Å²) < 4.78 is 0. The molecular formula is C14H17NO4. The van der Waals surface area contributed by atoms with Crippen LogP contribution in [-0.4, -0.2) is 35.2 Å². The fraction of sp³-hybridized carbons (Fsp3) is 0.429. The molecule has 1 saturated heterocycles. The molecule has 1 aromatic carbocycles. The second-order valence-corrected chi connectivity index (χ2v) is 4.78. The van der Waals surface area contributed by atoms with Gasteiger partial charge in [0.2, 0.25) is 0 Å². The number of hydrogen-bond acceptors (Lipinski definition) is 3. The first-order chi connectivity index (χ1) is 9.08. The number of anilines is 1. The van der Waals surface area contributed by atoms with E-state index < -0.39 is 11.9 Å². The molecule has 1 aliphatic rings. The van der Waals surface area contributed by atoms with Gasteiger partial charge in [-0.25, -0.2) is 9.59 Å². The average Bonchev–Trinajstić information content (AvgIpc) is 2.66. The van der Waals surface area contributed by atoms with Crippen molar-refractivity contribution in [3.05, 3.63) is 29.3 Å². The summed E-state index contributed by atoms with van der Waals surface area (Å²) in [6, 6.07) is 4.31. The molecule has 5 heteroatoms. The SMILES string of the molecule is O=C(O)c1cc(C(=O)O)cc(N2CCCCCC2)c1. The van der Waals surface area contributed by atoms with Gasteiger partial charge in [-0.3, -0.25) is 0 Å². The Hall–Kier alpha value is -2.04. The maximum absolute atomic E-state index is 11.1. The maximum Gasteiger partial charge on any atom is 0.335 e. The quantitative estimate of drug-likeness (QED) is 0.875. The molecule has 0 bridgehead atoms. The van der Waals surface area contributed by atoms with E-state index in [1.807, 2.05) is 0 Å². The third-order valence-corrected chi connectivity index (χ3v) is 3.38. The predicted molar refractivity (Wildman–Crippen MR) is 71.0 cm³/mol. The van der Waals surface area contributed by atoms with Crippen molar-refractivity contribution in [2.45, 2.75) is 25.7 Å². The highest BCUT2D eigenvalue weighted by Crippen LogP contribution is 2.23. The van der Waals surface area contributed by atoms with Crippen LogP contribution >= 0.6 is 0 Å². The van der Waals surface area contributed by atoms with Gasteiger partial charge < -0.3 is 15.1 Å². The van der Waals surface area contributed by atoms with E-state index >= 15 is 0 Å². The number of carboxylic acid groups (broad SMARTS) is 2. The van der Waals surface area contributed by atoms with Crippen molar-refractivity contribution in [3.63, 3.8) is 0 Å². The zero-order chi connectivity index (χ0) is 13.8. The van der Waals surface area contributed by atoms with Gasteiger partial charge in [0.05, 0.1) is 11.1 Å². The minimum Gasteiger partial charge on any atom is -0.478 e. The van der Waals surface area contributed by atoms with Gasteiger partial charge >= 0.3 is 11.9 Å². The molecule has 0 atom stereocenters. The van der Waals surface area contributed by atoms with Crippen molar-refractivity contribution in [2.24, 2.45) is 0 Å². The highest BCUT2D eigenvalue weighted by atomic mass is 16.4. The van der Waals surface area contributed by atoms with Crippen LogP contribution in [0, 0.1) is 0 Å². The molecule has 2 rings (SSSR count). The van der Waals surface area contributed by atoms with E-state index in [1.54, 1.807) is 12.1 Å². The molecule has 0 spiro atoms. The molecule has 1 fully saturated rings. The van der Waals surface area contributed by atoms with E-state index in [-0.39, 0.29) is 11.1 Å². The summed E-state index contributed by atoms with van der Waals surface area (Å²) >= 11 is 0. The molecule has 0 aromatic heterocycles. The summed E-state index contributed by atoms with van der Waals surface area (Å²) in [5.41, 5.74) is 0.748. The van der Waals surface area contributed by atoms with Crippen LogP contribution in [0.4, 0.5) is 5.69 Å². The summed E-state index contributed by atoms with van der Waals surface area (Å²) in [7, 11) is 0. The van der Waals surface area contributed by atoms with Gasteiger partial charge in [0.15, 0.2) is 0 Å². The lowest BCUT2D eigenvalue weighted by Gasteiger charge is -2.23.